The number of benzene rings is 3. The second kappa shape index (κ2) is 13.3. The molecule has 0 bridgehead atoms. The molecule has 0 radical (unpaired) electrons. The molecule has 0 heterocycles. The minimum Gasteiger partial charge on any atom is -0.350 e. The summed E-state index contributed by atoms with van der Waals surface area (Å²) >= 11 is 18.4. The number of carbonyl (C=O) groups excluding carboxylic acids is 2. The Bertz CT molecular complexity index is 1440. The van der Waals surface area contributed by atoms with E-state index in [1.807, 2.05) is 20.8 Å². The maximum absolute atomic E-state index is 14.1. The molecule has 0 aromatic heterocycles. The van der Waals surface area contributed by atoms with Gasteiger partial charge < -0.3 is 10.2 Å². The summed E-state index contributed by atoms with van der Waals surface area (Å²) in [6, 6.07) is 18.2. The highest BCUT2D eigenvalue weighted by molar-refractivity contribution is 7.92. The fourth-order valence-corrected chi connectivity index (χ4v) is 5.89. The SMILES string of the molecule is CC[C@@H](C(=O)NC(C)(C)C)N(Cc1ccc(Cl)cc1)C(=O)CN(c1ccc(Cl)c(Cl)c1)S(=O)(=O)c1ccccc1. The number of hydrogen-bond acceptors (Lipinski definition) is 4. The van der Waals surface area contributed by atoms with Crippen molar-refractivity contribution < 1.29 is 18.0 Å². The van der Waals surface area contributed by atoms with E-state index in [2.05, 4.69) is 5.32 Å². The van der Waals surface area contributed by atoms with Crippen LogP contribution in [-0.4, -0.2) is 43.3 Å². The Morgan fingerprint density at radius 2 is 1.52 bits per heavy atom. The van der Waals surface area contributed by atoms with Gasteiger partial charge in [0.1, 0.15) is 12.6 Å². The molecule has 40 heavy (non-hydrogen) atoms. The normalized spacial score (nSPS) is 12.5. The van der Waals surface area contributed by atoms with Gasteiger partial charge in [-0.1, -0.05) is 72.1 Å². The van der Waals surface area contributed by atoms with Crippen molar-refractivity contribution in [2.75, 3.05) is 10.8 Å². The van der Waals surface area contributed by atoms with E-state index < -0.39 is 34.1 Å². The third kappa shape index (κ3) is 8.13. The van der Waals surface area contributed by atoms with Gasteiger partial charge in [-0.25, -0.2) is 8.42 Å². The van der Waals surface area contributed by atoms with Crippen molar-refractivity contribution in [3.05, 3.63) is 93.4 Å². The van der Waals surface area contributed by atoms with Crippen molar-refractivity contribution >= 4 is 62.3 Å². The minimum absolute atomic E-state index is 0.00404. The zero-order valence-corrected chi connectivity index (χ0v) is 25.8. The Hall–Kier alpha value is -2.78. The number of rotatable bonds is 10. The van der Waals surface area contributed by atoms with Crippen LogP contribution in [0.5, 0.6) is 0 Å². The zero-order chi connectivity index (χ0) is 29.7. The van der Waals surface area contributed by atoms with Gasteiger partial charge in [0.25, 0.3) is 10.0 Å². The van der Waals surface area contributed by atoms with Gasteiger partial charge in [0, 0.05) is 17.1 Å². The number of nitrogens with one attached hydrogen (secondary N) is 1. The first-order chi connectivity index (χ1) is 18.7. The topological polar surface area (TPSA) is 86.8 Å². The van der Waals surface area contributed by atoms with Gasteiger partial charge in [0.05, 0.1) is 20.6 Å². The number of hydrogen-bond donors (Lipinski definition) is 1. The summed E-state index contributed by atoms with van der Waals surface area (Å²) in [6.45, 7) is 6.82. The van der Waals surface area contributed by atoms with Gasteiger partial charge in [0.2, 0.25) is 11.8 Å². The molecule has 2 amide bonds. The number of anilines is 1. The predicted molar refractivity (Wildman–Crippen MR) is 161 cm³/mol. The van der Waals surface area contributed by atoms with Gasteiger partial charge in [-0.05, 0) is 75.2 Å². The van der Waals surface area contributed by atoms with Gasteiger partial charge in [0.15, 0.2) is 0 Å². The van der Waals surface area contributed by atoms with Crippen molar-refractivity contribution in [3.8, 4) is 0 Å². The molecule has 3 aromatic rings. The van der Waals surface area contributed by atoms with Gasteiger partial charge in [-0.3, -0.25) is 13.9 Å². The zero-order valence-electron chi connectivity index (χ0n) is 22.7. The van der Waals surface area contributed by atoms with Gasteiger partial charge in [-0.15, -0.1) is 0 Å². The molecular weight excluding hydrogens is 593 g/mol. The Labute approximate surface area is 251 Å². The summed E-state index contributed by atoms with van der Waals surface area (Å²) < 4.78 is 28.6. The Balaban J connectivity index is 2.08. The van der Waals surface area contributed by atoms with Crippen LogP contribution in [0.25, 0.3) is 0 Å². The molecule has 3 rings (SSSR count). The highest BCUT2D eigenvalue weighted by Gasteiger charge is 2.34. The first kappa shape index (κ1) is 31.7. The smallest absolute Gasteiger partial charge is 0.264 e. The van der Waals surface area contributed by atoms with Crippen molar-refractivity contribution in [1.82, 2.24) is 10.2 Å². The third-order valence-electron chi connectivity index (χ3n) is 5.95. The van der Waals surface area contributed by atoms with Crippen LogP contribution in [0.4, 0.5) is 5.69 Å². The van der Waals surface area contributed by atoms with Crippen LogP contribution in [0.2, 0.25) is 15.1 Å². The van der Waals surface area contributed by atoms with Gasteiger partial charge in [-0.2, -0.15) is 0 Å². The molecule has 1 atom stereocenters. The fourth-order valence-electron chi connectivity index (χ4n) is 4.05. The molecule has 3 aromatic carbocycles. The monoisotopic (exact) mass is 623 g/mol. The van der Waals surface area contributed by atoms with E-state index in [-0.39, 0.29) is 33.1 Å². The number of halogens is 3. The minimum atomic E-state index is -4.21. The number of carbonyl (C=O) groups is 2. The standard InChI is InChI=1S/C29H32Cl3N3O4S/c1-5-26(28(37)33-29(2,3)4)34(18-20-11-13-21(30)14-12-20)27(36)19-35(22-15-16-24(31)25(32)17-22)40(38,39)23-9-7-6-8-10-23/h6-17,26H,5,18-19H2,1-4H3,(H,33,37)/t26-/m0/s1. The van der Waals surface area contributed by atoms with Crippen LogP contribution in [0.3, 0.4) is 0 Å². The molecule has 0 aliphatic heterocycles. The molecule has 0 saturated heterocycles. The lowest BCUT2D eigenvalue weighted by molar-refractivity contribution is -0.141. The summed E-state index contributed by atoms with van der Waals surface area (Å²) in [6.07, 6.45) is 0.305. The number of amides is 2. The molecule has 11 heteroatoms. The third-order valence-corrected chi connectivity index (χ3v) is 8.73. The molecule has 0 saturated carbocycles. The Morgan fingerprint density at radius 3 is 2.08 bits per heavy atom. The van der Waals surface area contributed by atoms with Crippen LogP contribution in [0, 0.1) is 0 Å². The maximum Gasteiger partial charge on any atom is 0.264 e. The summed E-state index contributed by atoms with van der Waals surface area (Å²) in [5, 5.41) is 3.84. The summed E-state index contributed by atoms with van der Waals surface area (Å²) in [7, 11) is -4.21. The lowest BCUT2D eigenvalue weighted by Gasteiger charge is -2.34. The predicted octanol–water partition coefficient (Wildman–Crippen LogP) is 6.56. The molecule has 0 spiro atoms. The molecule has 214 valence electrons. The molecule has 1 N–H and O–H groups in total. The lowest BCUT2D eigenvalue weighted by atomic mass is 10.1. The van der Waals surface area contributed by atoms with Gasteiger partial charge >= 0.3 is 0 Å². The highest BCUT2D eigenvalue weighted by Crippen LogP contribution is 2.31. The molecule has 0 fully saturated rings. The molecule has 0 aliphatic rings. The number of sulfonamides is 1. The molecule has 0 aliphatic carbocycles. The van der Waals surface area contributed by atoms with Crippen LogP contribution >= 0.6 is 34.8 Å². The first-order valence-electron chi connectivity index (χ1n) is 12.6. The Kier molecular flexibility index (Phi) is 10.5. The number of nitrogens with zero attached hydrogens (tertiary/aromatic N) is 2. The van der Waals surface area contributed by atoms with E-state index in [1.54, 1.807) is 49.4 Å². The highest BCUT2D eigenvalue weighted by atomic mass is 35.5. The average Bonchev–Trinajstić information content (AvgIpc) is 2.89. The van der Waals surface area contributed by atoms with E-state index in [9.17, 15) is 18.0 Å². The van der Waals surface area contributed by atoms with Crippen LogP contribution in [0.1, 0.15) is 39.7 Å². The second-order valence-corrected chi connectivity index (χ2v) is 13.3. The van der Waals surface area contributed by atoms with E-state index in [0.717, 1.165) is 9.87 Å². The summed E-state index contributed by atoms with van der Waals surface area (Å²) in [5.74, 6) is -0.916. The molecule has 0 unspecified atom stereocenters. The van der Waals surface area contributed by atoms with Crippen molar-refractivity contribution in [1.29, 1.82) is 0 Å². The van der Waals surface area contributed by atoms with Crippen LogP contribution < -0.4 is 9.62 Å². The first-order valence-corrected chi connectivity index (χ1v) is 15.2. The van der Waals surface area contributed by atoms with E-state index in [1.165, 1.54) is 35.2 Å². The van der Waals surface area contributed by atoms with Crippen molar-refractivity contribution in [2.24, 2.45) is 0 Å². The maximum atomic E-state index is 14.1. The quantitative estimate of drug-likeness (QED) is 0.277. The summed E-state index contributed by atoms with van der Waals surface area (Å²) in [4.78, 5) is 28.8. The van der Waals surface area contributed by atoms with Crippen LogP contribution in [0.15, 0.2) is 77.7 Å². The molecular formula is C29H32Cl3N3O4S. The summed E-state index contributed by atoms with van der Waals surface area (Å²) in [5.41, 5.74) is 0.347. The van der Waals surface area contributed by atoms with Crippen molar-refractivity contribution in [3.63, 3.8) is 0 Å². The Morgan fingerprint density at radius 1 is 0.900 bits per heavy atom. The largest absolute Gasteiger partial charge is 0.350 e. The van der Waals surface area contributed by atoms with Crippen LogP contribution in [-0.2, 0) is 26.2 Å². The average molecular weight is 625 g/mol. The van der Waals surface area contributed by atoms with Crippen molar-refractivity contribution in [2.45, 2.75) is 57.1 Å². The van der Waals surface area contributed by atoms with E-state index in [4.69, 9.17) is 34.8 Å². The lowest BCUT2D eigenvalue weighted by Crippen LogP contribution is -2.55. The fraction of sp³-hybridized carbons (Fsp3) is 0.310. The van der Waals surface area contributed by atoms with E-state index >= 15 is 0 Å². The van der Waals surface area contributed by atoms with E-state index in [0.29, 0.717) is 11.4 Å². The molecule has 7 nitrogen and oxygen atoms in total. The second-order valence-electron chi connectivity index (χ2n) is 10.2.